The van der Waals surface area contributed by atoms with Crippen LogP contribution >= 0.6 is 0 Å². The van der Waals surface area contributed by atoms with E-state index in [4.69, 9.17) is 4.74 Å². The van der Waals surface area contributed by atoms with Crippen LogP contribution in [0.4, 0.5) is 0 Å². The first-order valence-electron chi connectivity index (χ1n) is 10.6. The molecule has 156 valence electrons. The third-order valence-corrected chi connectivity index (χ3v) is 8.31. The SMILES string of the molecule is CC(=O)OC1(C(=O)CO)CCC2C3CC(C)C4=CC(=O)C=C[C@]4(C)C3=CC[C@@]21C. The Labute approximate surface area is 171 Å². The van der Waals surface area contributed by atoms with Crippen molar-refractivity contribution in [2.75, 3.05) is 6.61 Å². The Morgan fingerprint density at radius 3 is 2.66 bits per heavy atom. The molecule has 0 aromatic rings. The van der Waals surface area contributed by atoms with Gasteiger partial charge in [-0.25, -0.2) is 0 Å². The molecule has 29 heavy (non-hydrogen) atoms. The molecule has 0 heterocycles. The molecule has 5 heteroatoms. The van der Waals surface area contributed by atoms with Gasteiger partial charge in [0.05, 0.1) is 0 Å². The predicted molar refractivity (Wildman–Crippen MR) is 108 cm³/mol. The Hall–Kier alpha value is -2.01. The average molecular weight is 398 g/mol. The number of carbonyl (C=O) groups excluding carboxylic acids is 3. The molecule has 0 aromatic heterocycles. The van der Waals surface area contributed by atoms with E-state index < -0.39 is 29.4 Å². The minimum Gasteiger partial charge on any atom is -0.451 e. The molecule has 4 aliphatic carbocycles. The smallest absolute Gasteiger partial charge is 0.303 e. The van der Waals surface area contributed by atoms with E-state index in [1.807, 2.05) is 13.0 Å². The maximum Gasteiger partial charge on any atom is 0.303 e. The summed E-state index contributed by atoms with van der Waals surface area (Å²) in [4.78, 5) is 36.8. The zero-order chi connectivity index (χ0) is 21.2. The van der Waals surface area contributed by atoms with E-state index in [0.717, 1.165) is 12.8 Å². The van der Waals surface area contributed by atoms with Gasteiger partial charge in [0.15, 0.2) is 11.4 Å². The first kappa shape index (κ1) is 20.3. The van der Waals surface area contributed by atoms with Crippen LogP contribution in [-0.2, 0) is 19.1 Å². The number of ether oxygens (including phenoxy) is 1. The number of aliphatic hydroxyl groups excluding tert-OH is 1. The summed E-state index contributed by atoms with van der Waals surface area (Å²) in [6.07, 6.45) is 10.5. The van der Waals surface area contributed by atoms with Crippen LogP contribution in [0, 0.1) is 28.6 Å². The molecule has 0 bridgehead atoms. The van der Waals surface area contributed by atoms with Crippen molar-refractivity contribution in [1.82, 2.24) is 0 Å². The van der Waals surface area contributed by atoms with Crippen LogP contribution in [0.15, 0.2) is 35.5 Å². The summed E-state index contributed by atoms with van der Waals surface area (Å²) in [7, 11) is 0. The van der Waals surface area contributed by atoms with Crippen molar-refractivity contribution in [1.29, 1.82) is 0 Å². The molecular weight excluding hydrogens is 368 g/mol. The maximum absolute atomic E-state index is 12.9. The third-order valence-electron chi connectivity index (χ3n) is 8.31. The molecule has 5 nitrogen and oxygen atoms in total. The highest BCUT2D eigenvalue weighted by Crippen LogP contribution is 2.66. The highest BCUT2D eigenvalue weighted by Gasteiger charge is 2.67. The van der Waals surface area contributed by atoms with Gasteiger partial charge in [-0.05, 0) is 68.1 Å². The number of esters is 1. The first-order valence-corrected chi connectivity index (χ1v) is 10.6. The molecule has 4 aliphatic rings. The second-order valence-corrected chi connectivity index (χ2v) is 9.71. The zero-order valence-electron chi connectivity index (χ0n) is 17.7. The monoisotopic (exact) mass is 398 g/mol. The number of fused-ring (bicyclic) bond motifs is 5. The van der Waals surface area contributed by atoms with E-state index in [9.17, 15) is 19.5 Å². The molecule has 0 aromatic carbocycles. The molecule has 0 amide bonds. The van der Waals surface area contributed by atoms with Crippen LogP contribution in [0.5, 0.6) is 0 Å². The van der Waals surface area contributed by atoms with Crippen molar-refractivity contribution in [2.45, 2.75) is 59.0 Å². The lowest BCUT2D eigenvalue weighted by molar-refractivity contribution is -0.183. The number of Topliss-reactive ketones (excluding diaryl/α,β-unsaturated/α-hetero) is 1. The van der Waals surface area contributed by atoms with E-state index in [1.54, 1.807) is 12.2 Å². The van der Waals surface area contributed by atoms with Gasteiger partial charge in [-0.15, -0.1) is 0 Å². The Morgan fingerprint density at radius 2 is 2.00 bits per heavy atom. The Balaban J connectivity index is 1.81. The molecular formula is C24H30O5. The number of carbonyl (C=O) groups is 3. The second-order valence-electron chi connectivity index (χ2n) is 9.71. The van der Waals surface area contributed by atoms with Crippen molar-refractivity contribution in [3.63, 3.8) is 0 Å². The van der Waals surface area contributed by atoms with E-state index in [0.29, 0.717) is 12.8 Å². The summed E-state index contributed by atoms with van der Waals surface area (Å²) < 4.78 is 5.73. The van der Waals surface area contributed by atoms with Gasteiger partial charge in [0.2, 0.25) is 5.78 Å². The van der Waals surface area contributed by atoms with Crippen LogP contribution in [-0.4, -0.2) is 34.9 Å². The van der Waals surface area contributed by atoms with Crippen molar-refractivity contribution < 1.29 is 24.2 Å². The fraction of sp³-hybridized carbons (Fsp3) is 0.625. The largest absolute Gasteiger partial charge is 0.451 e. The maximum atomic E-state index is 12.9. The summed E-state index contributed by atoms with van der Waals surface area (Å²) in [5.41, 5.74) is 0.414. The van der Waals surface area contributed by atoms with Crippen LogP contribution < -0.4 is 0 Å². The molecule has 6 atom stereocenters. The minimum absolute atomic E-state index is 0.0484. The lowest BCUT2D eigenvalue weighted by atomic mass is 9.49. The minimum atomic E-state index is -1.26. The van der Waals surface area contributed by atoms with Gasteiger partial charge in [0.25, 0.3) is 0 Å². The van der Waals surface area contributed by atoms with Crippen LogP contribution in [0.3, 0.4) is 0 Å². The molecule has 0 saturated heterocycles. The van der Waals surface area contributed by atoms with E-state index in [-0.39, 0.29) is 29.0 Å². The molecule has 0 radical (unpaired) electrons. The normalized spacial score (nSPS) is 42.9. The lowest BCUT2D eigenvalue weighted by Crippen LogP contribution is -2.57. The summed E-state index contributed by atoms with van der Waals surface area (Å²) in [5.74, 6) is -0.125. The standard InChI is InChI=1S/C24H30O5/c1-14-11-17-18(22(3)8-5-16(27)12-20(14)22)6-9-23(4)19(17)7-10-24(23,21(28)13-25)29-15(2)26/h5-6,8,12,14,17,19,25H,7,9-11,13H2,1-4H3/t14?,17?,19?,22-,23+,24?/m1/s1. The van der Waals surface area contributed by atoms with Crippen LogP contribution in [0.1, 0.15) is 53.4 Å². The topological polar surface area (TPSA) is 80.7 Å². The number of ketones is 2. The number of hydrogen-bond donors (Lipinski definition) is 1. The molecule has 4 unspecified atom stereocenters. The van der Waals surface area contributed by atoms with Gasteiger partial charge < -0.3 is 9.84 Å². The van der Waals surface area contributed by atoms with E-state index in [2.05, 4.69) is 19.9 Å². The Morgan fingerprint density at radius 1 is 1.28 bits per heavy atom. The summed E-state index contributed by atoms with van der Waals surface area (Å²) in [5, 5.41) is 9.67. The highest BCUT2D eigenvalue weighted by molar-refractivity contribution is 6.01. The molecule has 0 spiro atoms. The first-order chi connectivity index (χ1) is 13.6. The molecule has 0 aliphatic heterocycles. The highest BCUT2D eigenvalue weighted by atomic mass is 16.6. The summed E-state index contributed by atoms with van der Waals surface area (Å²) in [6, 6.07) is 0. The molecule has 4 rings (SSSR count). The molecule has 1 N–H and O–H groups in total. The molecule has 2 fully saturated rings. The third kappa shape index (κ3) is 2.59. The zero-order valence-corrected chi connectivity index (χ0v) is 17.7. The predicted octanol–water partition coefficient (Wildman–Crippen LogP) is 3.32. The summed E-state index contributed by atoms with van der Waals surface area (Å²) in [6.45, 7) is 7.12. The lowest BCUT2D eigenvalue weighted by Gasteiger charge is -2.55. The average Bonchev–Trinajstić information content (AvgIpc) is 2.95. The fourth-order valence-corrected chi connectivity index (χ4v) is 6.98. The van der Waals surface area contributed by atoms with Gasteiger partial charge in [0.1, 0.15) is 6.61 Å². The van der Waals surface area contributed by atoms with Gasteiger partial charge in [0, 0.05) is 17.8 Å². The molecule has 2 saturated carbocycles. The fourth-order valence-electron chi connectivity index (χ4n) is 6.98. The van der Waals surface area contributed by atoms with Gasteiger partial charge >= 0.3 is 5.97 Å². The number of allylic oxidation sites excluding steroid dienone is 6. The van der Waals surface area contributed by atoms with Crippen molar-refractivity contribution in [3.8, 4) is 0 Å². The van der Waals surface area contributed by atoms with E-state index >= 15 is 0 Å². The summed E-state index contributed by atoms with van der Waals surface area (Å²) >= 11 is 0. The van der Waals surface area contributed by atoms with Gasteiger partial charge in [-0.3, -0.25) is 14.4 Å². The number of hydrogen-bond acceptors (Lipinski definition) is 5. The Bertz CT molecular complexity index is 880. The number of rotatable bonds is 3. The van der Waals surface area contributed by atoms with Gasteiger partial charge in [-0.1, -0.05) is 31.6 Å². The second kappa shape index (κ2) is 6.49. The van der Waals surface area contributed by atoms with Crippen molar-refractivity contribution in [3.05, 3.63) is 35.5 Å². The Kier molecular flexibility index (Phi) is 4.54. The van der Waals surface area contributed by atoms with Crippen LogP contribution in [0.25, 0.3) is 0 Å². The van der Waals surface area contributed by atoms with Crippen molar-refractivity contribution in [2.24, 2.45) is 28.6 Å². The van der Waals surface area contributed by atoms with E-state index in [1.165, 1.54) is 18.1 Å². The quantitative estimate of drug-likeness (QED) is 0.583. The van der Waals surface area contributed by atoms with Crippen LogP contribution in [0.2, 0.25) is 0 Å². The van der Waals surface area contributed by atoms with Gasteiger partial charge in [-0.2, -0.15) is 0 Å². The van der Waals surface area contributed by atoms with Crippen molar-refractivity contribution >= 4 is 17.5 Å². The number of aliphatic hydroxyl groups is 1.